The number of aromatic hydroxyl groups is 1. The first-order valence-electron chi connectivity index (χ1n) is 15.1. The van der Waals surface area contributed by atoms with Gasteiger partial charge in [0, 0.05) is 29.0 Å². The minimum atomic E-state index is -0.457. The number of aliphatic hydroxyl groups is 1. The van der Waals surface area contributed by atoms with Crippen LogP contribution in [0, 0.1) is 11.2 Å². The van der Waals surface area contributed by atoms with Gasteiger partial charge in [0.15, 0.2) is 5.82 Å². The van der Waals surface area contributed by atoms with E-state index in [0.29, 0.717) is 47.4 Å². The number of hydrogen-bond acceptors (Lipinski definition) is 7. The van der Waals surface area contributed by atoms with E-state index >= 15 is 4.39 Å². The van der Waals surface area contributed by atoms with Crippen LogP contribution in [0.4, 0.5) is 10.2 Å². The maximum atomic E-state index is 16.5. The van der Waals surface area contributed by atoms with E-state index in [4.69, 9.17) is 9.72 Å². The molecular weight excluding hydrogens is 507 g/mol. The van der Waals surface area contributed by atoms with Gasteiger partial charge in [0.1, 0.15) is 23.8 Å². The van der Waals surface area contributed by atoms with Crippen molar-refractivity contribution in [2.45, 2.75) is 83.1 Å². The summed E-state index contributed by atoms with van der Waals surface area (Å²) in [6.07, 6.45) is 10.8. The van der Waals surface area contributed by atoms with E-state index in [2.05, 4.69) is 17.2 Å². The number of phenolic OH excluding ortho intramolecular Hbond substituents is 1. The van der Waals surface area contributed by atoms with Crippen LogP contribution in [0.1, 0.15) is 82.6 Å². The summed E-state index contributed by atoms with van der Waals surface area (Å²) in [5.41, 5.74) is 2.41. The molecule has 8 heteroatoms. The van der Waals surface area contributed by atoms with Gasteiger partial charge in [-0.2, -0.15) is 9.97 Å². The summed E-state index contributed by atoms with van der Waals surface area (Å²) in [6.45, 7) is 3.99. The van der Waals surface area contributed by atoms with Crippen molar-refractivity contribution in [2.75, 3.05) is 31.3 Å². The van der Waals surface area contributed by atoms with Crippen molar-refractivity contribution in [2.24, 2.45) is 5.41 Å². The molecular formula is C32H41FN4O3. The number of piperidine rings is 1. The van der Waals surface area contributed by atoms with Crippen molar-refractivity contribution >= 4 is 16.7 Å². The van der Waals surface area contributed by atoms with E-state index in [0.717, 1.165) is 69.9 Å². The highest BCUT2D eigenvalue weighted by Crippen LogP contribution is 2.46. The second-order valence-corrected chi connectivity index (χ2v) is 12.0. The fraction of sp³-hybridized carbons (Fsp3) is 0.562. The Bertz CT molecular complexity index is 1360. The van der Waals surface area contributed by atoms with E-state index in [9.17, 15) is 10.2 Å². The Morgan fingerprint density at radius 3 is 2.70 bits per heavy atom. The van der Waals surface area contributed by atoms with Crippen LogP contribution in [0.15, 0.2) is 30.3 Å². The molecule has 1 saturated heterocycles. The molecule has 0 radical (unpaired) electrons. The van der Waals surface area contributed by atoms with Crippen molar-refractivity contribution in [3.05, 3.63) is 41.7 Å². The number of halogens is 1. The molecule has 0 amide bonds. The van der Waals surface area contributed by atoms with Gasteiger partial charge in [0.05, 0.1) is 6.61 Å². The Morgan fingerprint density at radius 1 is 1.07 bits per heavy atom. The Kier molecular flexibility index (Phi) is 7.82. The lowest BCUT2D eigenvalue weighted by molar-refractivity contribution is 0.0798. The molecule has 0 bridgehead atoms. The first-order chi connectivity index (χ1) is 19.5. The highest BCUT2D eigenvalue weighted by molar-refractivity contribution is 5.94. The molecule has 2 aliphatic carbocycles. The Morgan fingerprint density at radius 2 is 1.93 bits per heavy atom. The second-order valence-electron chi connectivity index (χ2n) is 12.0. The summed E-state index contributed by atoms with van der Waals surface area (Å²) < 4.78 is 22.9. The maximum absolute atomic E-state index is 16.5. The summed E-state index contributed by atoms with van der Waals surface area (Å²) in [4.78, 5) is 11.2. The van der Waals surface area contributed by atoms with Crippen LogP contribution in [-0.4, -0.2) is 52.7 Å². The summed E-state index contributed by atoms with van der Waals surface area (Å²) >= 11 is 0. The predicted molar refractivity (Wildman–Crippen MR) is 155 cm³/mol. The number of aromatic nitrogens is 2. The quantitative estimate of drug-likeness (QED) is 0.257. The van der Waals surface area contributed by atoms with Crippen LogP contribution in [0.5, 0.6) is 11.8 Å². The number of nitrogens with one attached hydrogen (secondary N) is 1. The van der Waals surface area contributed by atoms with Gasteiger partial charge < -0.3 is 25.2 Å². The van der Waals surface area contributed by atoms with Gasteiger partial charge in [-0.05, 0) is 86.7 Å². The summed E-state index contributed by atoms with van der Waals surface area (Å²) in [6, 6.07) is 9.44. The van der Waals surface area contributed by atoms with Gasteiger partial charge >= 0.3 is 6.01 Å². The van der Waals surface area contributed by atoms with Gasteiger partial charge in [0.25, 0.3) is 0 Å². The molecule has 40 heavy (non-hydrogen) atoms. The summed E-state index contributed by atoms with van der Waals surface area (Å²) in [5.74, 6) is 0.509. The molecule has 3 aromatic rings. The molecule has 214 valence electrons. The molecule has 2 unspecified atom stereocenters. The highest BCUT2D eigenvalue weighted by Gasteiger charge is 2.45. The Labute approximate surface area is 235 Å². The zero-order valence-electron chi connectivity index (χ0n) is 23.5. The van der Waals surface area contributed by atoms with Crippen molar-refractivity contribution < 1.29 is 19.3 Å². The summed E-state index contributed by atoms with van der Waals surface area (Å²) in [5, 5.41) is 24.8. The number of phenols is 1. The van der Waals surface area contributed by atoms with Gasteiger partial charge in [-0.15, -0.1) is 0 Å². The fourth-order valence-electron chi connectivity index (χ4n) is 7.01. The molecule has 3 N–H and O–H groups in total. The van der Waals surface area contributed by atoms with E-state index in [1.807, 2.05) is 12.1 Å². The Balaban J connectivity index is 1.43. The van der Waals surface area contributed by atoms with Gasteiger partial charge in [0.2, 0.25) is 0 Å². The van der Waals surface area contributed by atoms with E-state index in [-0.39, 0.29) is 29.4 Å². The molecule has 7 nitrogen and oxygen atoms in total. The highest BCUT2D eigenvalue weighted by atomic mass is 19.1. The molecule has 2 atom stereocenters. The molecule has 2 heterocycles. The molecule has 6 rings (SSSR count). The Hall–Kier alpha value is -2.97. The average Bonchev–Trinajstić information content (AvgIpc) is 3.37. The number of anilines is 1. The largest absolute Gasteiger partial charge is 0.508 e. The van der Waals surface area contributed by atoms with Gasteiger partial charge in [-0.25, -0.2) is 4.39 Å². The number of hydrogen-bond donors (Lipinski definition) is 3. The maximum Gasteiger partial charge on any atom is 0.319 e. The third-order valence-corrected chi connectivity index (χ3v) is 9.53. The molecule has 3 aliphatic rings. The third kappa shape index (κ3) is 5.00. The first-order valence-corrected chi connectivity index (χ1v) is 15.1. The van der Waals surface area contributed by atoms with E-state index in [1.54, 1.807) is 23.1 Å². The van der Waals surface area contributed by atoms with E-state index < -0.39 is 5.82 Å². The second kappa shape index (κ2) is 11.5. The van der Waals surface area contributed by atoms with Crippen LogP contribution in [0.2, 0.25) is 0 Å². The number of rotatable bonds is 10. The van der Waals surface area contributed by atoms with Crippen LogP contribution in [0.3, 0.4) is 0 Å². The van der Waals surface area contributed by atoms with Crippen LogP contribution >= 0.6 is 0 Å². The zero-order valence-corrected chi connectivity index (χ0v) is 23.5. The van der Waals surface area contributed by atoms with Crippen molar-refractivity contribution in [1.82, 2.24) is 15.3 Å². The number of aliphatic hydroxyl groups excluding tert-OH is 1. The van der Waals surface area contributed by atoms with Crippen molar-refractivity contribution in [3.8, 4) is 22.9 Å². The van der Waals surface area contributed by atoms with E-state index in [1.165, 1.54) is 6.42 Å². The number of fused-ring (bicyclic) bond motifs is 2. The van der Waals surface area contributed by atoms with Crippen LogP contribution in [-0.2, 0) is 0 Å². The number of benzene rings is 2. The first kappa shape index (κ1) is 27.2. The molecule has 2 aromatic carbocycles. The number of ether oxygens (including phenoxy) is 1. The van der Waals surface area contributed by atoms with Crippen LogP contribution in [0.25, 0.3) is 22.0 Å². The molecule has 3 fully saturated rings. The monoisotopic (exact) mass is 548 g/mol. The minimum Gasteiger partial charge on any atom is -0.508 e. The number of unbranched alkanes of at least 4 members (excludes halogenated alkanes) is 1. The standard InChI is InChI=1S/C32H41FN4O3/c1-2-3-17-37(20-38)30-25-13-12-24(26-18-22(39)10-11-23(26)21-7-4-8-21)28(33)29(25)35-31(36-30)40-19-32-14-5-9-27(32)34-16-6-15-32/h10-13,18,21,27,34,38-39H,2-9,14-17,19-20H2,1H3. The predicted octanol–water partition coefficient (Wildman–Crippen LogP) is 6.27. The summed E-state index contributed by atoms with van der Waals surface area (Å²) in [7, 11) is 0. The van der Waals surface area contributed by atoms with Crippen molar-refractivity contribution in [1.29, 1.82) is 0 Å². The third-order valence-electron chi connectivity index (χ3n) is 9.53. The molecule has 1 aliphatic heterocycles. The number of nitrogens with zero attached hydrogens (tertiary/aromatic N) is 3. The SMILES string of the molecule is CCCCN(CO)c1nc(OCC23CCCNC2CCC3)nc2c(F)c(-c3cc(O)ccc3C3CCC3)ccc12. The molecule has 1 aromatic heterocycles. The fourth-order valence-corrected chi connectivity index (χ4v) is 7.01. The normalized spacial score (nSPS) is 22.7. The zero-order chi connectivity index (χ0) is 27.7. The smallest absolute Gasteiger partial charge is 0.319 e. The molecule has 0 spiro atoms. The van der Waals surface area contributed by atoms with Gasteiger partial charge in [-0.3, -0.25) is 0 Å². The van der Waals surface area contributed by atoms with Crippen molar-refractivity contribution in [3.63, 3.8) is 0 Å². The van der Waals surface area contributed by atoms with Gasteiger partial charge in [-0.1, -0.05) is 38.3 Å². The minimum absolute atomic E-state index is 0.0508. The lowest BCUT2D eigenvalue weighted by Gasteiger charge is -2.39. The lowest BCUT2D eigenvalue weighted by atomic mass is 9.76. The lowest BCUT2D eigenvalue weighted by Crippen LogP contribution is -2.49. The molecule has 2 saturated carbocycles. The average molecular weight is 549 g/mol. The topological polar surface area (TPSA) is 90.7 Å². The van der Waals surface area contributed by atoms with Crippen LogP contribution < -0.4 is 15.0 Å².